The third kappa shape index (κ3) is 2.86. The van der Waals surface area contributed by atoms with Gasteiger partial charge in [-0.25, -0.2) is 4.39 Å². The summed E-state index contributed by atoms with van der Waals surface area (Å²) in [5.41, 5.74) is 6.77. The Kier molecular flexibility index (Phi) is 4.73. The van der Waals surface area contributed by atoms with Crippen LogP contribution in [0.3, 0.4) is 0 Å². The van der Waals surface area contributed by atoms with Crippen LogP contribution in [0.5, 0.6) is 0 Å². The average molecular weight is 205 g/mol. The highest BCUT2D eigenvalue weighted by atomic mass is 35.5. The van der Waals surface area contributed by atoms with Crippen LogP contribution >= 0.6 is 12.4 Å². The van der Waals surface area contributed by atoms with Crippen LogP contribution in [0.15, 0.2) is 18.2 Å². The standard InChI is InChI=1S/C9H13FN2.ClH/c1-12(2)9-4-3-7(6-11)5-8(9)10;/h3-5H,6,11H2,1-2H3;1H. The molecule has 13 heavy (non-hydrogen) atoms. The van der Waals surface area contributed by atoms with Crippen LogP contribution in [0, 0.1) is 5.82 Å². The van der Waals surface area contributed by atoms with Gasteiger partial charge < -0.3 is 10.6 Å². The van der Waals surface area contributed by atoms with E-state index in [9.17, 15) is 4.39 Å². The zero-order chi connectivity index (χ0) is 9.14. The number of anilines is 1. The second-order valence-corrected chi connectivity index (χ2v) is 2.88. The number of nitrogens with zero attached hydrogens (tertiary/aromatic N) is 1. The fraction of sp³-hybridized carbons (Fsp3) is 0.333. The van der Waals surface area contributed by atoms with Crippen LogP contribution in [-0.2, 0) is 6.54 Å². The van der Waals surface area contributed by atoms with Crippen molar-refractivity contribution >= 4 is 18.1 Å². The van der Waals surface area contributed by atoms with E-state index in [0.717, 1.165) is 5.56 Å². The summed E-state index contributed by atoms with van der Waals surface area (Å²) in [6.07, 6.45) is 0. The molecule has 0 atom stereocenters. The van der Waals surface area contributed by atoms with Gasteiger partial charge in [0, 0.05) is 20.6 Å². The Balaban J connectivity index is 0.00000144. The lowest BCUT2D eigenvalue weighted by Crippen LogP contribution is -2.11. The minimum atomic E-state index is -0.219. The summed E-state index contributed by atoms with van der Waals surface area (Å²) >= 11 is 0. The van der Waals surface area contributed by atoms with Gasteiger partial charge in [0.1, 0.15) is 5.82 Å². The third-order valence-corrected chi connectivity index (χ3v) is 1.73. The zero-order valence-corrected chi connectivity index (χ0v) is 8.57. The molecule has 0 unspecified atom stereocenters. The van der Waals surface area contributed by atoms with Gasteiger partial charge in [-0.3, -0.25) is 0 Å². The fourth-order valence-electron chi connectivity index (χ4n) is 1.04. The van der Waals surface area contributed by atoms with Crippen molar-refractivity contribution in [2.24, 2.45) is 5.73 Å². The van der Waals surface area contributed by atoms with E-state index in [1.807, 2.05) is 6.07 Å². The Hall–Kier alpha value is -0.800. The van der Waals surface area contributed by atoms with Gasteiger partial charge in [0.25, 0.3) is 0 Å². The number of hydrogen-bond donors (Lipinski definition) is 1. The molecule has 0 aliphatic heterocycles. The molecule has 0 heterocycles. The lowest BCUT2D eigenvalue weighted by atomic mass is 10.2. The van der Waals surface area contributed by atoms with Crippen LogP contribution in [0.4, 0.5) is 10.1 Å². The first-order valence-corrected chi connectivity index (χ1v) is 3.81. The van der Waals surface area contributed by atoms with E-state index >= 15 is 0 Å². The topological polar surface area (TPSA) is 29.3 Å². The molecule has 0 aromatic heterocycles. The summed E-state index contributed by atoms with van der Waals surface area (Å²) in [6.45, 7) is 0.380. The molecule has 0 aliphatic carbocycles. The number of halogens is 2. The molecule has 2 nitrogen and oxygen atoms in total. The van der Waals surface area contributed by atoms with Crippen molar-refractivity contribution in [3.63, 3.8) is 0 Å². The lowest BCUT2D eigenvalue weighted by molar-refractivity contribution is 0.624. The van der Waals surface area contributed by atoms with Crippen molar-refractivity contribution in [3.8, 4) is 0 Å². The largest absolute Gasteiger partial charge is 0.375 e. The molecular formula is C9H14ClFN2. The van der Waals surface area contributed by atoms with Crippen LogP contribution in [0.2, 0.25) is 0 Å². The molecule has 0 spiro atoms. The molecule has 1 rings (SSSR count). The monoisotopic (exact) mass is 204 g/mol. The molecule has 1 aromatic rings. The molecule has 0 saturated carbocycles. The first kappa shape index (κ1) is 12.2. The van der Waals surface area contributed by atoms with E-state index in [0.29, 0.717) is 12.2 Å². The maximum absolute atomic E-state index is 13.2. The van der Waals surface area contributed by atoms with Crippen molar-refractivity contribution in [3.05, 3.63) is 29.6 Å². The van der Waals surface area contributed by atoms with Crippen molar-refractivity contribution in [2.75, 3.05) is 19.0 Å². The van der Waals surface area contributed by atoms with Gasteiger partial charge in [-0.15, -0.1) is 12.4 Å². The Morgan fingerprint density at radius 1 is 1.38 bits per heavy atom. The highest BCUT2D eigenvalue weighted by Crippen LogP contribution is 2.17. The second-order valence-electron chi connectivity index (χ2n) is 2.88. The van der Waals surface area contributed by atoms with Gasteiger partial charge in [-0.1, -0.05) is 6.07 Å². The predicted molar refractivity (Wildman–Crippen MR) is 55.9 cm³/mol. The van der Waals surface area contributed by atoms with Gasteiger partial charge in [0.2, 0.25) is 0 Å². The fourth-order valence-corrected chi connectivity index (χ4v) is 1.04. The van der Waals surface area contributed by atoms with Crippen LogP contribution in [-0.4, -0.2) is 14.1 Å². The highest BCUT2D eigenvalue weighted by molar-refractivity contribution is 5.85. The number of rotatable bonds is 2. The average Bonchev–Trinajstić information content (AvgIpc) is 2.03. The Bertz CT molecular complexity index is 276. The van der Waals surface area contributed by atoms with E-state index in [1.165, 1.54) is 6.07 Å². The molecule has 2 N–H and O–H groups in total. The first-order valence-electron chi connectivity index (χ1n) is 3.81. The lowest BCUT2D eigenvalue weighted by Gasteiger charge is -2.13. The van der Waals surface area contributed by atoms with Gasteiger partial charge in [-0.05, 0) is 17.7 Å². The van der Waals surface area contributed by atoms with Crippen molar-refractivity contribution in [1.82, 2.24) is 0 Å². The Morgan fingerprint density at radius 3 is 2.38 bits per heavy atom. The second kappa shape index (κ2) is 5.04. The normalized spacial score (nSPS) is 9.23. The van der Waals surface area contributed by atoms with E-state index < -0.39 is 0 Å². The zero-order valence-electron chi connectivity index (χ0n) is 7.75. The van der Waals surface area contributed by atoms with Crippen LogP contribution in [0.1, 0.15) is 5.56 Å². The summed E-state index contributed by atoms with van der Waals surface area (Å²) in [4.78, 5) is 1.73. The molecule has 1 aromatic carbocycles. The minimum absolute atomic E-state index is 0. The maximum atomic E-state index is 13.2. The maximum Gasteiger partial charge on any atom is 0.146 e. The van der Waals surface area contributed by atoms with Crippen LogP contribution < -0.4 is 10.6 Å². The summed E-state index contributed by atoms with van der Waals surface area (Å²) in [5, 5.41) is 0. The molecule has 0 amide bonds. The number of hydrogen-bond acceptors (Lipinski definition) is 2. The van der Waals surface area contributed by atoms with Crippen molar-refractivity contribution in [2.45, 2.75) is 6.54 Å². The third-order valence-electron chi connectivity index (χ3n) is 1.73. The van der Waals surface area contributed by atoms with Crippen molar-refractivity contribution in [1.29, 1.82) is 0 Å². The molecule has 0 aliphatic rings. The van der Waals surface area contributed by atoms with Gasteiger partial charge in [-0.2, -0.15) is 0 Å². The highest BCUT2D eigenvalue weighted by Gasteiger charge is 2.03. The van der Waals surface area contributed by atoms with Gasteiger partial charge in [0.05, 0.1) is 5.69 Å². The van der Waals surface area contributed by atoms with E-state index in [2.05, 4.69) is 0 Å². The van der Waals surface area contributed by atoms with Crippen molar-refractivity contribution < 1.29 is 4.39 Å². The SMILES string of the molecule is CN(C)c1ccc(CN)cc1F.Cl. The minimum Gasteiger partial charge on any atom is -0.375 e. The van der Waals surface area contributed by atoms with Crippen LogP contribution in [0.25, 0.3) is 0 Å². The molecule has 0 saturated heterocycles. The Morgan fingerprint density at radius 2 is 2.00 bits per heavy atom. The smallest absolute Gasteiger partial charge is 0.146 e. The summed E-state index contributed by atoms with van der Waals surface area (Å²) in [5.74, 6) is -0.219. The molecule has 0 fully saturated rings. The molecular weight excluding hydrogens is 191 g/mol. The Labute approximate surface area is 83.9 Å². The molecule has 74 valence electrons. The molecule has 0 bridgehead atoms. The number of nitrogens with two attached hydrogens (primary N) is 1. The summed E-state index contributed by atoms with van der Waals surface area (Å²) in [6, 6.07) is 5.03. The number of benzene rings is 1. The van der Waals surface area contributed by atoms with E-state index in [-0.39, 0.29) is 18.2 Å². The quantitative estimate of drug-likeness (QED) is 0.796. The predicted octanol–water partition coefficient (Wildman–Crippen LogP) is 1.77. The summed E-state index contributed by atoms with van der Waals surface area (Å²) < 4.78 is 13.2. The first-order chi connectivity index (χ1) is 5.65. The molecule has 4 heteroatoms. The van der Waals surface area contributed by atoms with Gasteiger partial charge >= 0.3 is 0 Å². The van der Waals surface area contributed by atoms with Gasteiger partial charge in [0.15, 0.2) is 0 Å². The van der Waals surface area contributed by atoms with E-state index in [4.69, 9.17) is 5.73 Å². The summed E-state index contributed by atoms with van der Waals surface area (Å²) in [7, 11) is 3.61. The van der Waals surface area contributed by atoms with E-state index in [1.54, 1.807) is 25.1 Å². The molecule has 0 radical (unpaired) electrons.